The summed E-state index contributed by atoms with van der Waals surface area (Å²) in [5.41, 5.74) is 2.02. The Morgan fingerprint density at radius 1 is 1.25 bits per heavy atom. The highest BCUT2D eigenvalue weighted by Crippen LogP contribution is 2.33. The molecule has 0 aliphatic rings. The van der Waals surface area contributed by atoms with Gasteiger partial charge in [-0.3, -0.25) is 0 Å². The number of likely N-dealkylation sites (N-methyl/N-ethyl adjacent to an activating group) is 1. The van der Waals surface area contributed by atoms with E-state index in [1.807, 2.05) is 13.1 Å². The summed E-state index contributed by atoms with van der Waals surface area (Å²) < 4.78 is 0. The maximum absolute atomic E-state index is 6.12. The Morgan fingerprint density at radius 2 is 1.88 bits per heavy atom. The summed E-state index contributed by atoms with van der Waals surface area (Å²) >= 11 is 18.2. The Kier molecular flexibility index (Phi) is 5.63. The highest BCUT2D eigenvalue weighted by atomic mass is 35.5. The van der Waals surface area contributed by atoms with Gasteiger partial charge in [-0.15, -0.1) is 0 Å². The molecule has 1 rings (SSSR count). The van der Waals surface area contributed by atoms with Crippen LogP contribution in [0.5, 0.6) is 0 Å². The number of halogens is 3. The highest BCUT2D eigenvalue weighted by molar-refractivity contribution is 6.44. The van der Waals surface area contributed by atoms with E-state index in [-0.39, 0.29) is 0 Å². The van der Waals surface area contributed by atoms with Crippen molar-refractivity contribution in [1.82, 2.24) is 5.32 Å². The first-order chi connectivity index (χ1) is 7.60. The quantitative estimate of drug-likeness (QED) is 0.790. The van der Waals surface area contributed by atoms with Crippen LogP contribution in [0.4, 0.5) is 0 Å². The maximum atomic E-state index is 6.12. The third-order valence-electron chi connectivity index (χ3n) is 2.29. The van der Waals surface area contributed by atoms with Crippen LogP contribution in [0, 0.1) is 0 Å². The predicted molar refractivity (Wildman–Crippen MR) is 73.7 cm³/mol. The molecule has 0 spiro atoms. The van der Waals surface area contributed by atoms with Crippen LogP contribution < -0.4 is 5.32 Å². The third-order valence-corrected chi connectivity index (χ3v) is 3.43. The molecule has 0 saturated carbocycles. The fraction of sp³-hybridized carbons (Fsp3) is 0.333. The van der Waals surface area contributed by atoms with E-state index in [1.165, 1.54) is 5.57 Å². The normalized spacial score (nSPS) is 11.9. The molecule has 0 aliphatic carbocycles. The molecule has 0 heterocycles. The molecule has 0 aliphatic heterocycles. The molecule has 0 amide bonds. The van der Waals surface area contributed by atoms with Gasteiger partial charge in [-0.05, 0) is 25.6 Å². The minimum atomic E-state index is 0.510. The fourth-order valence-electron chi connectivity index (χ4n) is 1.38. The molecular formula is C12H14Cl3N. The van der Waals surface area contributed by atoms with Gasteiger partial charge in [-0.1, -0.05) is 53.4 Å². The molecule has 88 valence electrons. The van der Waals surface area contributed by atoms with Crippen LogP contribution in [-0.2, 0) is 0 Å². The second kappa shape index (κ2) is 6.51. The first-order valence-corrected chi connectivity index (χ1v) is 6.21. The van der Waals surface area contributed by atoms with Crippen LogP contribution in [0.15, 0.2) is 17.7 Å². The van der Waals surface area contributed by atoms with Gasteiger partial charge in [-0.25, -0.2) is 0 Å². The summed E-state index contributed by atoms with van der Waals surface area (Å²) in [5.74, 6) is 0. The zero-order valence-electron chi connectivity index (χ0n) is 9.28. The van der Waals surface area contributed by atoms with Gasteiger partial charge in [0.25, 0.3) is 0 Å². The van der Waals surface area contributed by atoms with Crippen molar-refractivity contribution < 1.29 is 0 Å². The van der Waals surface area contributed by atoms with Crippen molar-refractivity contribution in [2.24, 2.45) is 0 Å². The van der Waals surface area contributed by atoms with Crippen LogP contribution in [0.3, 0.4) is 0 Å². The molecule has 16 heavy (non-hydrogen) atoms. The van der Waals surface area contributed by atoms with E-state index in [2.05, 4.69) is 12.2 Å². The summed E-state index contributed by atoms with van der Waals surface area (Å²) in [6, 6.07) is 3.46. The molecule has 0 atom stereocenters. The maximum Gasteiger partial charge on any atom is 0.0679 e. The van der Waals surface area contributed by atoms with E-state index in [0.29, 0.717) is 15.1 Å². The Bertz CT molecular complexity index is 399. The monoisotopic (exact) mass is 277 g/mol. The van der Waals surface area contributed by atoms with Gasteiger partial charge in [0, 0.05) is 17.1 Å². The Labute approximate surface area is 111 Å². The summed E-state index contributed by atoms with van der Waals surface area (Å²) in [6.45, 7) is 2.91. The second-order valence-electron chi connectivity index (χ2n) is 3.44. The van der Waals surface area contributed by atoms with Crippen LogP contribution >= 0.6 is 34.8 Å². The third kappa shape index (κ3) is 3.39. The van der Waals surface area contributed by atoms with Gasteiger partial charge in [0.05, 0.1) is 10.0 Å². The van der Waals surface area contributed by atoms with Crippen molar-refractivity contribution in [3.63, 3.8) is 0 Å². The zero-order valence-corrected chi connectivity index (χ0v) is 11.5. The molecule has 0 bridgehead atoms. The molecule has 0 aromatic heterocycles. The van der Waals surface area contributed by atoms with Crippen molar-refractivity contribution >= 4 is 40.9 Å². The Morgan fingerprint density at radius 3 is 2.44 bits per heavy atom. The average Bonchev–Trinajstić information content (AvgIpc) is 2.28. The summed E-state index contributed by atoms with van der Waals surface area (Å²) in [6.07, 6.45) is 2.94. The van der Waals surface area contributed by atoms with E-state index in [1.54, 1.807) is 12.1 Å². The molecule has 1 aromatic rings. The van der Waals surface area contributed by atoms with Crippen molar-refractivity contribution in [3.05, 3.63) is 38.3 Å². The number of rotatable bonds is 4. The standard InChI is InChI=1S/C12H14Cl3N/c1-3-8(7-16-2)6-9-10(13)4-5-11(14)12(9)15/h4-6,16H,3,7H2,1-2H3/b8-6-. The van der Waals surface area contributed by atoms with Crippen LogP contribution in [0.2, 0.25) is 15.1 Å². The molecule has 0 saturated heterocycles. The SMILES string of the molecule is CC/C(=C/c1c(Cl)ccc(Cl)c1Cl)CNC. The minimum Gasteiger partial charge on any atom is -0.316 e. The zero-order chi connectivity index (χ0) is 12.1. The molecule has 4 heteroatoms. The fourth-order valence-corrected chi connectivity index (χ4v) is 2.03. The van der Waals surface area contributed by atoms with Crippen molar-refractivity contribution in [2.45, 2.75) is 13.3 Å². The number of nitrogens with one attached hydrogen (secondary N) is 1. The molecule has 1 aromatic carbocycles. The molecule has 0 radical (unpaired) electrons. The average molecular weight is 279 g/mol. The van der Waals surface area contributed by atoms with Gasteiger partial charge in [-0.2, -0.15) is 0 Å². The van der Waals surface area contributed by atoms with Crippen LogP contribution in [0.25, 0.3) is 6.08 Å². The van der Waals surface area contributed by atoms with E-state index >= 15 is 0 Å². The van der Waals surface area contributed by atoms with E-state index in [0.717, 1.165) is 18.5 Å². The summed E-state index contributed by atoms with van der Waals surface area (Å²) in [5, 5.41) is 4.76. The minimum absolute atomic E-state index is 0.510. The number of hydrogen-bond donors (Lipinski definition) is 1. The lowest BCUT2D eigenvalue weighted by molar-refractivity contribution is 0.851. The van der Waals surface area contributed by atoms with Crippen LogP contribution in [-0.4, -0.2) is 13.6 Å². The van der Waals surface area contributed by atoms with E-state index in [4.69, 9.17) is 34.8 Å². The Hall–Kier alpha value is -0.210. The Balaban J connectivity index is 3.16. The van der Waals surface area contributed by atoms with E-state index < -0.39 is 0 Å². The first kappa shape index (κ1) is 13.9. The topological polar surface area (TPSA) is 12.0 Å². The predicted octanol–water partition coefficient (Wildman–Crippen LogP) is 4.66. The van der Waals surface area contributed by atoms with Gasteiger partial charge in [0.1, 0.15) is 0 Å². The molecule has 0 fully saturated rings. The largest absolute Gasteiger partial charge is 0.316 e. The van der Waals surface area contributed by atoms with Gasteiger partial charge in [0.15, 0.2) is 0 Å². The van der Waals surface area contributed by atoms with Gasteiger partial charge < -0.3 is 5.32 Å². The lowest BCUT2D eigenvalue weighted by atomic mass is 10.1. The number of hydrogen-bond acceptors (Lipinski definition) is 1. The van der Waals surface area contributed by atoms with Gasteiger partial charge in [0.2, 0.25) is 0 Å². The van der Waals surface area contributed by atoms with Crippen LogP contribution in [0.1, 0.15) is 18.9 Å². The summed E-state index contributed by atoms with van der Waals surface area (Å²) in [7, 11) is 1.91. The van der Waals surface area contributed by atoms with Crippen molar-refractivity contribution in [2.75, 3.05) is 13.6 Å². The number of benzene rings is 1. The van der Waals surface area contributed by atoms with Crippen molar-refractivity contribution in [3.8, 4) is 0 Å². The molecule has 1 nitrogen and oxygen atoms in total. The molecule has 1 N–H and O–H groups in total. The van der Waals surface area contributed by atoms with Gasteiger partial charge >= 0.3 is 0 Å². The summed E-state index contributed by atoms with van der Waals surface area (Å²) in [4.78, 5) is 0. The molecular weight excluding hydrogens is 264 g/mol. The van der Waals surface area contributed by atoms with E-state index in [9.17, 15) is 0 Å². The van der Waals surface area contributed by atoms with Crippen molar-refractivity contribution in [1.29, 1.82) is 0 Å². The highest BCUT2D eigenvalue weighted by Gasteiger charge is 2.08. The first-order valence-electron chi connectivity index (χ1n) is 5.07. The lowest BCUT2D eigenvalue weighted by Crippen LogP contribution is -2.09. The smallest absolute Gasteiger partial charge is 0.0679 e. The molecule has 0 unspecified atom stereocenters. The lowest BCUT2D eigenvalue weighted by Gasteiger charge is -2.08. The second-order valence-corrected chi connectivity index (χ2v) is 4.64.